The molecule has 0 unspecified atom stereocenters. The van der Waals surface area contributed by atoms with Gasteiger partial charge >= 0.3 is 0 Å². The Bertz CT molecular complexity index is 491. The van der Waals surface area contributed by atoms with Crippen LogP contribution in [0.3, 0.4) is 0 Å². The van der Waals surface area contributed by atoms with Crippen LogP contribution in [-0.2, 0) is 9.53 Å². The summed E-state index contributed by atoms with van der Waals surface area (Å²) in [5, 5.41) is 19.9. The van der Waals surface area contributed by atoms with E-state index in [1.165, 1.54) is 0 Å². The predicted molar refractivity (Wildman–Crippen MR) is 80.8 cm³/mol. The number of hydrogen-bond acceptors (Lipinski definition) is 4. The van der Waals surface area contributed by atoms with Crippen molar-refractivity contribution in [1.82, 2.24) is 0 Å². The second-order valence-electron chi connectivity index (χ2n) is 8.73. The number of aliphatic hydroxyl groups excluding tert-OH is 2. The number of fused-ring (bicyclic) bond motifs is 5. The zero-order chi connectivity index (χ0) is 15.7. The molecule has 4 nitrogen and oxygen atoms in total. The van der Waals surface area contributed by atoms with E-state index in [1.54, 1.807) is 0 Å². The Balaban J connectivity index is 1.64. The van der Waals surface area contributed by atoms with Crippen molar-refractivity contribution >= 4 is 5.78 Å². The van der Waals surface area contributed by atoms with Crippen LogP contribution in [0.4, 0.5) is 0 Å². The molecule has 3 saturated carbocycles. The molecule has 0 aromatic heterocycles. The van der Waals surface area contributed by atoms with Crippen LogP contribution in [-0.4, -0.2) is 35.0 Å². The van der Waals surface area contributed by atoms with Gasteiger partial charge in [0.15, 0.2) is 12.1 Å². The SMILES string of the molecule is C[C@]12CO[C@H](O)C[C@H]1CC[C@@H]1[C@@H]2CC[C@]2(C)C(=O)[C@@H](O)C[C@@H]12. The molecule has 4 heteroatoms. The third-order valence-corrected chi connectivity index (χ3v) is 7.87. The van der Waals surface area contributed by atoms with Crippen LogP contribution < -0.4 is 0 Å². The van der Waals surface area contributed by atoms with E-state index in [0.717, 1.165) is 32.1 Å². The summed E-state index contributed by atoms with van der Waals surface area (Å²) >= 11 is 0. The fourth-order valence-electron chi connectivity index (χ4n) is 6.52. The Morgan fingerprint density at radius 2 is 1.86 bits per heavy atom. The summed E-state index contributed by atoms with van der Waals surface area (Å²) in [7, 11) is 0. The molecule has 0 amide bonds. The number of hydrogen-bond donors (Lipinski definition) is 2. The summed E-state index contributed by atoms with van der Waals surface area (Å²) in [6.07, 6.45) is 4.28. The van der Waals surface area contributed by atoms with Crippen LogP contribution in [0.15, 0.2) is 0 Å². The van der Waals surface area contributed by atoms with Crippen LogP contribution >= 0.6 is 0 Å². The highest BCUT2D eigenvalue weighted by Crippen LogP contribution is 2.64. The number of rotatable bonds is 0. The van der Waals surface area contributed by atoms with Gasteiger partial charge in [-0.1, -0.05) is 13.8 Å². The number of carbonyl (C=O) groups excluding carboxylic acids is 1. The molecule has 0 aromatic carbocycles. The zero-order valence-corrected chi connectivity index (χ0v) is 13.6. The van der Waals surface area contributed by atoms with Gasteiger partial charge in [0, 0.05) is 11.8 Å². The van der Waals surface area contributed by atoms with Gasteiger partial charge in [-0.3, -0.25) is 4.79 Å². The summed E-state index contributed by atoms with van der Waals surface area (Å²) < 4.78 is 5.62. The lowest BCUT2D eigenvalue weighted by Crippen LogP contribution is -2.56. The van der Waals surface area contributed by atoms with E-state index in [9.17, 15) is 15.0 Å². The first-order valence-electron chi connectivity index (χ1n) is 8.88. The van der Waals surface area contributed by atoms with Crippen LogP contribution in [0, 0.1) is 34.5 Å². The molecule has 4 aliphatic rings. The monoisotopic (exact) mass is 308 g/mol. The Morgan fingerprint density at radius 3 is 2.64 bits per heavy atom. The number of carbonyl (C=O) groups is 1. The predicted octanol–water partition coefficient (Wildman–Crippen LogP) is 2.12. The van der Waals surface area contributed by atoms with Crippen LogP contribution in [0.5, 0.6) is 0 Å². The number of aliphatic hydroxyl groups is 2. The second kappa shape index (κ2) is 4.78. The Labute approximate surface area is 132 Å². The third-order valence-electron chi connectivity index (χ3n) is 7.87. The van der Waals surface area contributed by atoms with Gasteiger partial charge in [-0.05, 0) is 61.2 Å². The lowest BCUT2D eigenvalue weighted by Gasteiger charge is -2.59. The van der Waals surface area contributed by atoms with Gasteiger partial charge in [-0.15, -0.1) is 0 Å². The normalized spacial score (nSPS) is 57.9. The second-order valence-corrected chi connectivity index (χ2v) is 8.73. The number of ether oxygens (including phenoxy) is 1. The summed E-state index contributed by atoms with van der Waals surface area (Å²) in [5.41, 5.74) is -0.182. The van der Waals surface area contributed by atoms with Gasteiger partial charge in [0.05, 0.1) is 6.61 Å². The first kappa shape index (κ1) is 15.1. The van der Waals surface area contributed by atoms with E-state index in [-0.39, 0.29) is 16.6 Å². The first-order chi connectivity index (χ1) is 10.4. The minimum absolute atomic E-state index is 0.0820. The molecule has 4 fully saturated rings. The Hall–Kier alpha value is -0.450. The van der Waals surface area contributed by atoms with E-state index >= 15 is 0 Å². The number of ketones is 1. The molecule has 8 atom stereocenters. The van der Waals surface area contributed by atoms with Crippen molar-refractivity contribution in [3.63, 3.8) is 0 Å². The third kappa shape index (κ3) is 1.83. The van der Waals surface area contributed by atoms with Gasteiger partial charge < -0.3 is 14.9 Å². The van der Waals surface area contributed by atoms with Crippen molar-refractivity contribution < 1.29 is 19.7 Å². The smallest absolute Gasteiger partial charge is 0.167 e. The molecule has 1 saturated heterocycles. The van der Waals surface area contributed by atoms with Crippen molar-refractivity contribution in [2.45, 2.75) is 64.8 Å². The van der Waals surface area contributed by atoms with Crippen molar-refractivity contribution in [1.29, 1.82) is 0 Å². The molecule has 22 heavy (non-hydrogen) atoms. The standard InChI is InChI=1S/C18H28O4/c1-17-6-5-12-11(13(17)8-14(19)16(17)21)4-3-10-7-15(20)22-9-18(10,12)2/h10-15,19-20H,3-9H2,1-2H3/t10-,11-,12+,13+,14+,15+,17+,18+/m1/s1. The van der Waals surface area contributed by atoms with E-state index < -0.39 is 12.4 Å². The fourth-order valence-corrected chi connectivity index (χ4v) is 6.52. The van der Waals surface area contributed by atoms with Gasteiger partial charge in [-0.25, -0.2) is 0 Å². The van der Waals surface area contributed by atoms with E-state index in [4.69, 9.17) is 4.74 Å². The highest BCUT2D eigenvalue weighted by atomic mass is 16.6. The molecule has 4 rings (SSSR count). The molecular weight excluding hydrogens is 280 g/mol. The Morgan fingerprint density at radius 1 is 1.09 bits per heavy atom. The molecule has 124 valence electrons. The van der Waals surface area contributed by atoms with Gasteiger partial charge in [0.1, 0.15) is 6.10 Å². The molecule has 2 N–H and O–H groups in total. The molecule has 0 radical (unpaired) electrons. The van der Waals surface area contributed by atoms with Gasteiger partial charge in [0.2, 0.25) is 0 Å². The molecular formula is C18H28O4. The van der Waals surface area contributed by atoms with E-state index in [1.807, 2.05) is 0 Å². The quantitative estimate of drug-likeness (QED) is 0.719. The maximum atomic E-state index is 12.4. The summed E-state index contributed by atoms with van der Waals surface area (Å²) in [4.78, 5) is 12.4. The highest BCUT2D eigenvalue weighted by molar-refractivity contribution is 5.91. The van der Waals surface area contributed by atoms with Crippen molar-refractivity contribution in [3.8, 4) is 0 Å². The van der Waals surface area contributed by atoms with Crippen molar-refractivity contribution in [3.05, 3.63) is 0 Å². The lowest BCUT2D eigenvalue weighted by atomic mass is 9.47. The minimum Gasteiger partial charge on any atom is -0.385 e. The molecule has 3 aliphatic carbocycles. The summed E-state index contributed by atoms with van der Waals surface area (Å²) in [6, 6.07) is 0. The maximum absolute atomic E-state index is 12.4. The molecule has 1 aliphatic heterocycles. The van der Waals surface area contributed by atoms with Gasteiger partial charge in [-0.2, -0.15) is 0 Å². The molecule has 1 heterocycles. The molecule has 0 spiro atoms. The minimum atomic E-state index is -0.747. The lowest BCUT2D eigenvalue weighted by molar-refractivity contribution is -0.225. The fraction of sp³-hybridized carbons (Fsp3) is 0.944. The highest BCUT2D eigenvalue weighted by Gasteiger charge is 2.62. The number of Topliss-reactive ketones (excluding diaryl/α,β-unsaturated/α-hetero) is 1. The maximum Gasteiger partial charge on any atom is 0.167 e. The molecule has 0 bridgehead atoms. The van der Waals surface area contributed by atoms with E-state index in [0.29, 0.717) is 36.7 Å². The largest absolute Gasteiger partial charge is 0.385 e. The average molecular weight is 308 g/mol. The Kier molecular flexibility index (Phi) is 3.28. The van der Waals surface area contributed by atoms with Crippen molar-refractivity contribution in [2.75, 3.05) is 6.61 Å². The topological polar surface area (TPSA) is 66.8 Å². The molecule has 0 aromatic rings. The average Bonchev–Trinajstić information content (AvgIpc) is 2.72. The zero-order valence-electron chi connectivity index (χ0n) is 13.6. The summed E-state index contributed by atoms with van der Waals surface area (Å²) in [5.74, 6) is 2.04. The first-order valence-corrected chi connectivity index (χ1v) is 8.88. The van der Waals surface area contributed by atoms with Crippen LogP contribution in [0.2, 0.25) is 0 Å². The summed E-state index contributed by atoms with van der Waals surface area (Å²) in [6.45, 7) is 5.05. The van der Waals surface area contributed by atoms with Crippen LogP contribution in [0.1, 0.15) is 52.4 Å². The van der Waals surface area contributed by atoms with Crippen LogP contribution in [0.25, 0.3) is 0 Å². The van der Waals surface area contributed by atoms with Gasteiger partial charge in [0.25, 0.3) is 0 Å². The van der Waals surface area contributed by atoms with E-state index in [2.05, 4.69) is 13.8 Å². The van der Waals surface area contributed by atoms with Crippen molar-refractivity contribution in [2.24, 2.45) is 34.5 Å².